The number of hydrogen-bond donors (Lipinski definition) is 1. The molecule has 0 aliphatic heterocycles. The minimum Gasteiger partial charge on any atom is -0.297 e. The number of halogens is 1. The number of aryl methyl sites for hydroxylation is 1. The number of rotatable bonds is 3. The van der Waals surface area contributed by atoms with Gasteiger partial charge < -0.3 is 0 Å². The molecule has 0 unspecified atom stereocenters. The predicted molar refractivity (Wildman–Crippen MR) is 74.9 cm³/mol. The van der Waals surface area contributed by atoms with Crippen molar-refractivity contribution >= 4 is 26.0 Å². The zero-order chi connectivity index (χ0) is 14.2. The maximum absolute atomic E-state index is 11.5. The van der Waals surface area contributed by atoms with Crippen LogP contribution in [0.2, 0.25) is 0 Å². The van der Waals surface area contributed by atoms with Gasteiger partial charge in [-0.05, 0) is 26.0 Å². The van der Waals surface area contributed by atoms with Crippen LogP contribution in [-0.4, -0.2) is 23.2 Å². The quantitative estimate of drug-likeness (QED) is 0.916. The van der Waals surface area contributed by atoms with E-state index in [-0.39, 0.29) is 5.16 Å². The first-order valence-corrected chi connectivity index (χ1v) is 7.91. The molecule has 0 saturated carbocycles. The zero-order valence-electron chi connectivity index (χ0n) is 10.5. The summed E-state index contributed by atoms with van der Waals surface area (Å²) in [4.78, 5) is 0. The zero-order valence-corrected chi connectivity index (χ0v) is 12.9. The minimum atomic E-state index is -3.88. The van der Waals surface area contributed by atoms with Crippen LogP contribution in [0.3, 0.4) is 0 Å². The molecule has 1 aromatic heterocycles. The van der Waals surface area contributed by atoms with E-state index in [1.165, 1.54) is 4.57 Å². The maximum atomic E-state index is 11.5. The van der Waals surface area contributed by atoms with E-state index in [1.807, 2.05) is 32.0 Å². The highest BCUT2D eigenvalue weighted by Crippen LogP contribution is 2.28. The third-order valence-corrected chi connectivity index (χ3v) is 4.15. The van der Waals surface area contributed by atoms with Crippen molar-refractivity contribution in [2.45, 2.75) is 25.5 Å². The number of aromatic nitrogens is 3. The van der Waals surface area contributed by atoms with E-state index in [1.54, 1.807) is 0 Å². The molecule has 0 spiro atoms. The van der Waals surface area contributed by atoms with Gasteiger partial charge in [-0.2, -0.15) is 0 Å². The van der Waals surface area contributed by atoms with E-state index >= 15 is 0 Å². The highest BCUT2D eigenvalue weighted by Gasteiger charge is 2.22. The second-order valence-corrected chi connectivity index (χ2v) is 6.39. The molecule has 0 aliphatic carbocycles. The van der Waals surface area contributed by atoms with Crippen LogP contribution in [0.15, 0.2) is 27.8 Å². The summed E-state index contributed by atoms with van der Waals surface area (Å²) in [7, 11) is -3.88. The Morgan fingerprint density at radius 3 is 2.63 bits per heavy atom. The van der Waals surface area contributed by atoms with Crippen LogP contribution in [0.5, 0.6) is 0 Å². The van der Waals surface area contributed by atoms with Crippen LogP contribution in [0.4, 0.5) is 0 Å². The van der Waals surface area contributed by atoms with Gasteiger partial charge >= 0.3 is 0 Å². The van der Waals surface area contributed by atoms with Crippen LogP contribution in [0.1, 0.15) is 12.5 Å². The Bertz CT molecular complexity index is 724. The Balaban J connectivity index is 2.70. The van der Waals surface area contributed by atoms with E-state index in [9.17, 15) is 8.42 Å². The summed E-state index contributed by atoms with van der Waals surface area (Å²) in [6, 6.07) is 5.74. The lowest BCUT2D eigenvalue weighted by Gasteiger charge is -2.08. The third-order valence-electron chi connectivity index (χ3n) is 2.65. The van der Waals surface area contributed by atoms with Gasteiger partial charge in [-0.3, -0.25) is 4.57 Å². The standard InChI is InChI=1S/C11H13BrN4O2S/c1-3-16-10(14-15-11(16)19(13,17)18)8-6-7(2)4-5-9(8)12/h4-6H,3H2,1-2H3,(H2,13,17,18). The molecule has 0 radical (unpaired) electrons. The Hall–Kier alpha value is -1.25. The fraction of sp³-hybridized carbons (Fsp3) is 0.273. The van der Waals surface area contributed by atoms with Gasteiger partial charge in [-0.1, -0.05) is 27.6 Å². The molecule has 102 valence electrons. The maximum Gasteiger partial charge on any atom is 0.273 e. The molecule has 8 heteroatoms. The Kier molecular flexibility index (Phi) is 3.75. The highest BCUT2D eigenvalue weighted by atomic mass is 79.9. The molecule has 0 amide bonds. The average Bonchev–Trinajstić information content (AvgIpc) is 2.75. The molecule has 2 N–H and O–H groups in total. The number of primary sulfonamides is 1. The molecule has 0 atom stereocenters. The Morgan fingerprint density at radius 2 is 2.05 bits per heavy atom. The van der Waals surface area contributed by atoms with Crippen molar-refractivity contribution in [1.82, 2.24) is 14.8 Å². The Morgan fingerprint density at radius 1 is 1.37 bits per heavy atom. The van der Waals surface area contributed by atoms with Crippen molar-refractivity contribution in [1.29, 1.82) is 0 Å². The van der Waals surface area contributed by atoms with Gasteiger partial charge in [0, 0.05) is 16.6 Å². The van der Waals surface area contributed by atoms with Crippen molar-refractivity contribution in [2.75, 3.05) is 0 Å². The van der Waals surface area contributed by atoms with Crippen molar-refractivity contribution in [2.24, 2.45) is 5.14 Å². The molecule has 0 fully saturated rings. The summed E-state index contributed by atoms with van der Waals surface area (Å²) in [5.41, 5.74) is 1.82. The number of hydrogen-bond acceptors (Lipinski definition) is 4. The number of nitrogens with two attached hydrogens (primary N) is 1. The van der Waals surface area contributed by atoms with Gasteiger partial charge in [0.25, 0.3) is 15.2 Å². The van der Waals surface area contributed by atoms with Gasteiger partial charge in [0.2, 0.25) is 0 Å². The van der Waals surface area contributed by atoms with Gasteiger partial charge in [0.05, 0.1) is 0 Å². The average molecular weight is 345 g/mol. The normalized spacial score (nSPS) is 11.8. The van der Waals surface area contributed by atoms with Crippen LogP contribution < -0.4 is 5.14 Å². The first-order valence-electron chi connectivity index (χ1n) is 5.57. The van der Waals surface area contributed by atoms with Crippen LogP contribution >= 0.6 is 15.9 Å². The van der Waals surface area contributed by atoms with Gasteiger partial charge in [0.15, 0.2) is 5.82 Å². The van der Waals surface area contributed by atoms with Crippen molar-refractivity contribution in [3.63, 3.8) is 0 Å². The number of benzene rings is 1. The smallest absolute Gasteiger partial charge is 0.273 e. The predicted octanol–water partition coefficient (Wildman–Crippen LogP) is 1.68. The first kappa shape index (κ1) is 14.2. The van der Waals surface area contributed by atoms with Crippen LogP contribution in [0.25, 0.3) is 11.4 Å². The summed E-state index contributed by atoms with van der Waals surface area (Å²) in [5.74, 6) is 0.474. The van der Waals surface area contributed by atoms with Gasteiger partial charge in [-0.15, -0.1) is 10.2 Å². The van der Waals surface area contributed by atoms with E-state index in [0.29, 0.717) is 12.4 Å². The topological polar surface area (TPSA) is 90.9 Å². The molecule has 2 aromatic rings. The van der Waals surface area contributed by atoms with E-state index < -0.39 is 10.0 Å². The fourth-order valence-corrected chi connectivity index (χ4v) is 2.90. The molecular weight excluding hydrogens is 332 g/mol. The van der Waals surface area contributed by atoms with Crippen molar-refractivity contribution in [3.8, 4) is 11.4 Å². The lowest BCUT2D eigenvalue weighted by molar-refractivity contribution is 0.571. The molecule has 0 aliphatic rings. The lowest BCUT2D eigenvalue weighted by Crippen LogP contribution is -2.18. The fourth-order valence-electron chi connectivity index (χ4n) is 1.79. The number of nitrogens with zero attached hydrogens (tertiary/aromatic N) is 3. The van der Waals surface area contributed by atoms with E-state index in [4.69, 9.17) is 5.14 Å². The summed E-state index contributed by atoms with van der Waals surface area (Å²) in [6.45, 7) is 4.17. The van der Waals surface area contributed by atoms with Crippen LogP contribution in [-0.2, 0) is 16.6 Å². The molecule has 1 aromatic carbocycles. The third kappa shape index (κ3) is 2.70. The second-order valence-electron chi connectivity index (χ2n) is 4.08. The summed E-state index contributed by atoms with van der Waals surface area (Å²) in [6.07, 6.45) is 0. The molecule has 2 rings (SSSR count). The van der Waals surface area contributed by atoms with Gasteiger partial charge in [-0.25, -0.2) is 13.6 Å². The molecule has 0 bridgehead atoms. The molecule has 0 saturated heterocycles. The second kappa shape index (κ2) is 5.03. The summed E-state index contributed by atoms with van der Waals surface area (Å²) >= 11 is 3.43. The number of sulfonamides is 1. The minimum absolute atomic E-state index is 0.224. The molecule has 19 heavy (non-hydrogen) atoms. The van der Waals surface area contributed by atoms with E-state index in [2.05, 4.69) is 26.1 Å². The molecule has 1 heterocycles. The first-order chi connectivity index (χ1) is 8.84. The largest absolute Gasteiger partial charge is 0.297 e. The SMILES string of the molecule is CCn1c(-c2cc(C)ccc2Br)nnc1S(N)(=O)=O. The van der Waals surface area contributed by atoms with Gasteiger partial charge in [0.1, 0.15) is 0 Å². The summed E-state index contributed by atoms with van der Waals surface area (Å²) < 4.78 is 25.2. The Labute approximate surface area is 119 Å². The monoisotopic (exact) mass is 344 g/mol. The van der Waals surface area contributed by atoms with Crippen molar-refractivity contribution in [3.05, 3.63) is 28.2 Å². The lowest BCUT2D eigenvalue weighted by atomic mass is 10.1. The van der Waals surface area contributed by atoms with Crippen molar-refractivity contribution < 1.29 is 8.42 Å². The molecular formula is C11H13BrN4O2S. The highest BCUT2D eigenvalue weighted by molar-refractivity contribution is 9.10. The van der Waals surface area contributed by atoms with E-state index in [0.717, 1.165) is 15.6 Å². The molecule has 6 nitrogen and oxygen atoms in total. The van der Waals surface area contributed by atoms with Crippen LogP contribution in [0, 0.1) is 6.92 Å². The summed E-state index contributed by atoms with van der Waals surface area (Å²) in [5, 5.41) is 12.5.